The van der Waals surface area contributed by atoms with Gasteiger partial charge in [-0.05, 0) is 48.4 Å². The highest BCUT2D eigenvalue weighted by Gasteiger charge is 2.40. The number of ether oxygens (including phenoxy) is 1. The SMILES string of the molecule is CCOc1ccc(C2=C(SCc3ccccc3)C(=O)N(c3cccc(F)c3)C2=O)cc1. The molecular weight excluding hydrogens is 413 g/mol. The molecule has 0 N–H and O–H groups in total. The van der Waals surface area contributed by atoms with Crippen LogP contribution in [0.25, 0.3) is 5.57 Å². The lowest BCUT2D eigenvalue weighted by atomic mass is 10.1. The molecule has 3 aromatic carbocycles. The second kappa shape index (κ2) is 9.18. The molecule has 0 radical (unpaired) electrons. The van der Waals surface area contributed by atoms with Gasteiger partial charge in [0.1, 0.15) is 11.6 Å². The Kier molecular flexibility index (Phi) is 6.18. The highest BCUT2D eigenvalue weighted by Crippen LogP contribution is 2.40. The Morgan fingerprint density at radius 1 is 0.903 bits per heavy atom. The molecule has 4 rings (SSSR count). The first kappa shape index (κ1) is 20.9. The van der Waals surface area contributed by atoms with Gasteiger partial charge in [0.15, 0.2) is 0 Å². The Labute approximate surface area is 184 Å². The normalized spacial score (nSPS) is 13.8. The van der Waals surface area contributed by atoms with E-state index in [1.807, 2.05) is 37.3 Å². The molecule has 31 heavy (non-hydrogen) atoms. The highest BCUT2D eigenvalue weighted by molar-refractivity contribution is 8.03. The van der Waals surface area contributed by atoms with Crippen molar-refractivity contribution in [2.75, 3.05) is 11.5 Å². The van der Waals surface area contributed by atoms with Crippen LogP contribution in [0, 0.1) is 5.82 Å². The molecule has 0 aliphatic carbocycles. The van der Waals surface area contributed by atoms with Crippen LogP contribution in [-0.2, 0) is 15.3 Å². The van der Waals surface area contributed by atoms with E-state index in [2.05, 4.69) is 0 Å². The van der Waals surface area contributed by atoms with Gasteiger partial charge in [-0.3, -0.25) is 9.59 Å². The third-order valence-corrected chi connectivity index (χ3v) is 5.93. The first-order chi connectivity index (χ1) is 15.1. The number of carbonyl (C=O) groups is 2. The number of rotatable bonds is 7. The van der Waals surface area contributed by atoms with Crippen molar-refractivity contribution in [1.29, 1.82) is 0 Å². The molecule has 3 aromatic rings. The van der Waals surface area contributed by atoms with Crippen molar-refractivity contribution in [3.63, 3.8) is 0 Å². The molecule has 0 saturated heterocycles. The lowest BCUT2D eigenvalue weighted by molar-refractivity contribution is -0.119. The Morgan fingerprint density at radius 2 is 1.65 bits per heavy atom. The topological polar surface area (TPSA) is 46.6 Å². The zero-order valence-corrected chi connectivity index (χ0v) is 17.7. The lowest BCUT2D eigenvalue weighted by Gasteiger charge is -2.15. The summed E-state index contributed by atoms with van der Waals surface area (Å²) in [5.74, 6) is -0.196. The molecule has 0 saturated carbocycles. The van der Waals surface area contributed by atoms with Crippen LogP contribution in [0.2, 0.25) is 0 Å². The van der Waals surface area contributed by atoms with Crippen molar-refractivity contribution in [1.82, 2.24) is 0 Å². The van der Waals surface area contributed by atoms with Crippen LogP contribution in [0.15, 0.2) is 83.8 Å². The summed E-state index contributed by atoms with van der Waals surface area (Å²) in [5.41, 5.74) is 2.19. The van der Waals surface area contributed by atoms with Crippen LogP contribution in [0.1, 0.15) is 18.1 Å². The summed E-state index contributed by atoms with van der Waals surface area (Å²) in [6.07, 6.45) is 0. The summed E-state index contributed by atoms with van der Waals surface area (Å²) in [7, 11) is 0. The number of benzene rings is 3. The Morgan fingerprint density at radius 3 is 2.32 bits per heavy atom. The number of carbonyl (C=O) groups excluding carboxylic acids is 2. The maximum Gasteiger partial charge on any atom is 0.272 e. The standard InChI is InChI=1S/C25H20FNO3S/c1-2-30-21-13-11-18(12-14-21)22-23(31-16-17-7-4-3-5-8-17)25(29)27(24(22)28)20-10-6-9-19(26)15-20/h3-15H,2,16H2,1H3. The fourth-order valence-electron chi connectivity index (χ4n) is 3.36. The minimum Gasteiger partial charge on any atom is -0.494 e. The molecule has 0 fully saturated rings. The monoisotopic (exact) mass is 433 g/mol. The Balaban J connectivity index is 1.73. The molecule has 1 aliphatic rings. The summed E-state index contributed by atoms with van der Waals surface area (Å²) in [6.45, 7) is 2.43. The van der Waals surface area contributed by atoms with Gasteiger partial charge in [0.05, 0.1) is 22.8 Å². The van der Waals surface area contributed by atoms with Crippen LogP contribution in [0.5, 0.6) is 5.75 Å². The van der Waals surface area contributed by atoms with Gasteiger partial charge in [0.25, 0.3) is 11.8 Å². The van der Waals surface area contributed by atoms with E-state index in [-0.39, 0.29) is 5.69 Å². The molecule has 0 aromatic heterocycles. The van der Waals surface area contributed by atoms with E-state index >= 15 is 0 Å². The number of amides is 2. The quantitative estimate of drug-likeness (QED) is 0.466. The first-order valence-corrected chi connectivity index (χ1v) is 10.9. The summed E-state index contributed by atoms with van der Waals surface area (Å²) in [6, 6.07) is 22.3. The number of nitrogens with zero attached hydrogens (tertiary/aromatic N) is 1. The fourth-order valence-corrected chi connectivity index (χ4v) is 4.43. The van der Waals surface area contributed by atoms with Gasteiger partial charge in [-0.15, -0.1) is 11.8 Å². The van der Waals surface area contributed by atoms with E-state index in [9.17, 15) is 14.0 Å². The summed E-state index contributed by atoms with van der Waals surface area (Å²) < 4.78 is 19.3. The average molecular weight is 434 g/mol. The van der Waals surface area contributed by atoms with E-state index in [1.165, 1.54) is 30.0 Å². The summed E-state index contributed by atoms with van der Waals surface area (Å²) >= 11 is 1.31. The predicted molar refractivity (Wildman–Crippen MR) is 121 cm³/mol. The molecule has 156 valence electrons. The molecule has 1 aliphatic heterocycles. The number of halogens is 1. The second-order valence-corrected chi connectivity index (χ2v) is 7.85. The highest BCUT2D eigenvalue weighted by atomic mass is 32.2. The predicted octanol–water partition coefficient (Wildman–Crippen LogP) is 5.44. The van der Waals surface area contributed by atoms with Crippen molar-refractivity contribution in [3.8, 4) is 5.75 Å². The van der Waals surface area contributed by atoms with Crippen LogP contribution in [-0.4, -0.2) is 18.4 Å². The zero-order chi connectivity index (χ0) is 21.8. The maximum atomic E-state index is 13.8. The smallest absolute Gasteiger partial charge is 0.272 e. The van der Waals surface area contributed by atoms with Gasteiger partial charge in [-0.1, -0.05) is 48.5 Å². The number of thioether (sulfide) groups is 1. The van der Waals surface area contributed by atoms with Gasteiger partial charge in [0.2, 0.25) is 0 Å². The van der Waals surface area contributed by atoms with Gasteiger partial charge in [-0.25, -0.2) is 9.29 Å². The van der Waals surface area contributed by atoms with E-state index < -0.39 is 17.6 Å². The fraction of sp³-hybridized carbons (Fsp3) is 0.120. The Hall–Kier alpha value is -3.38. The van der Waals surface area contributed by atoms with E-state index in [1.54, 1.807) is 30.3 Å². The lowest BCUT2D eigenvalue weighted by Crippen LogP contribution is -2.31. The maximum absolute atomic E-state index is 13.8. The van der Waals surface area contributed by atoms with Gasteiger partial charge in [-0.2, -0.15) is 0 Å². The van der Waals surface area contributed by atoms with Crippen molar-refractivity contribution in [2.45, 2.75) is 12.7 Å². The van der Waals surface area contributed by atoms with Crippen LogP contribution in [0.3, 0.4) is 0 Å². The van der Waals surface area contributed by atoms with E-state index in [4.69, 9.17) is 4.74 Å². The van der Waals surface area contributed by atoms with Crippen LogP contribution >= 0.6 is 11.8 Å². The summed E-state index contributed by atoms with van der Waals surface area (Å²) in [4.78, 5) is 28.0. The van der Waals surface area contributed by atoms with Crippen molar-refractivity contribution >= 4 is 34.8 Å². The molecule has 4 nitrogen and oxygen atoms in total. The first-order valence-electron chi connectivity index (χ1n) is 9.87. The molecule has 0 spiro atoms. The molecule has 6 heteroatoms. The molecular formula is C25H20FNO3S. The average Bonchev–Trinajstić information content (AvgIpc) is 3.03. The van der Waals surface area contributed by atoms with Gasteiger partial charge < -0.3 is 4.74 Å². The number of imide groups is 1. The zero-order valence-electron chi connectivity index (χ0n) is 16.9. The van der Waals surface area contributed by atoms with Crippen molar-refractivity contribution < 1.29 is 18.7 Å². The van der Waals surface area contributed by atoms with E-state index in [0.717, 1.165) is 10.5 Å². The molecule has 1 heterocycles. The molecule has 0 unspecified atom stereocenters. The summed E-state index contributed by atoms with van der Waals surface area (Å²) in [5, 5.41) is 0. The molecule has 0 bridgehead atoms. The van der Waals surface area contributed by atoms with Crippen LogP contribution < -0.4 is 9.64 Å². The second-order valence-electron chi connectivity index (χ2n) is 6.86. The minimum absolute atomic E-state index is 0.216. The third-order valence-electron chi connectivity index (χ3n) is 4.79. The number of hydrogen-bond donors (Lipinski definition) is 0. The third kappa shape index (κ3) is 4.39. The van der Waals surface area contributed by atoms with Gasteiger partial charge in [0, 0.05) is 5.75 Å². The van der Waals surface area contributed by atoms with Gasteiger partial charge >= 0.3 is 0 Å². The van der Waals surface area contributed by atoms with Crippen molar-refractivity contribution in [2.24, 2.45) is 0 Å². The van der Waals surface area contributed by atoms with E-state index in [0.29, 0.717) is 34.2 Å². The van der Waals surface area contributed by atoms with Crippen molar-refractivity contribution in [3.05, 3.63) is 101 Å². The molecule has 0 atom stereocenters. The minimum atomic E-state index is -0.508. The Bertz CT molecular complexity index is 1140. The number of anilines is 1. The number of hydrogen-bond acceptors (Lipinski definition) is 4. The molecule has 2 amide bonds. The van der Waals surface area contributed by atoms with Crippen LogP contribution in [0.4, 0.5) is 10.1 Å². The largest absolute Gasteiger partial charge is 0.494 e.